The third-order valence-electron chi connectivity index (χ3n) is 5.26. The van der Waals surface area contributed by atoms with E-state index >= 15 is 0 Å². The Morgan fingerprint density at radius 1 is 0.938 bits per heavy atom. The molecule has 1 fully saturated rings. The van der Waals surface area contributed by atoms with Crippen LogP contribution in [-0.4, -0.2) is 68.0 Å². The number of hydrogen-bond acceptors (Lipinski definition) is 5. The maximum atomic E-state index is 12.9. The van der Waals surface area contributed by atoms with Gasteiger partial charge in [0.2, 0.25) is 5.91 Å². The summed E-state index contributed by atoms with van der Waals surface area (Å²) in [5.41, 5.74) is 0.729. The Morgan fingerprint density at radius 2 is 1.62 bits per heavy atom. The normalized spacial score (nSPS) is 14.5. The second kappa shape index (κ2) is 8.77. The lowest BCUT2D eigenvalue weighted by Crippen LogP contribution is -2.51. The van der Waals surface area contributed by atoms with E-state index in [1.165, 1.54) is 28.0 Å². The van der Waals surface area contributed by atoms with Crippen LogP contribution in [-0.2, 0) is 17.4 Å². The number of hydrogen-bond donors (Lipinski definition) is 0. The number of amides is 2. The van der Waals surface area contributed by atoms with Gasteiger partial charge in [0.05, 0.1) is 17.7 Å². The topological polar surface area (TPSA) is 84.2 Å². The molecule has 0 N–H and O–H groups in total. The maximum absolute atomic E-state index is 12.9. The zero-order valence-corrected chi connectivity index (χ0v) is 16.9. The summed E-state index contributed by atoms with van der Waals surface area (Å²) < 4.78 is 40.2. The zero-order chi connectivity index (χ0) is 22.7. The van der Waals surface area contributed by atoms with Gasteiger partial charge < -0.3 is 9.80 Å². The number of rotatable bonds is 4. The third-order valence-corrected chi connectivity index (χ3v) is 5.26. The highest BCUT2D eigenvalue weighted by Crippen LogP contribution is 2.29. The quantitative estimate of drug-likeness (QED) is 0.616. The van der Waals surface area contributed by atoms with Crippen molar-refractivity contribution in [3.05, 3.63) is 71.5 Å². The molecule has 32 heavy (non-hydrogen) atoms. The minimum Gasteiger partial charge on any atom is -0.339 e. The van der Waals surface area contributed by atoms with Crippen LogP contribution < -0.4 is 0 Å². The van der Waals surface area contributed by atoms with Crippen LogP contribution in [0.25, 0.3) is 5.69 Å². The van der Waals surface area contributed by atoms with Crippen molar-refractivity contribution in [3.63, 3.8) is 0 Å². The standard InChI is InChI=1S/C21H19F3N6O2/c22-21(23,24)17-3-1-2-16(13-17)20(32)29-10-8-28(9-11-29)19(31)12-15-4-6-18(7-5-15)30-14-25-26-27-30/h1-7,13-14H,8-12H2. The van der Waals surface area contributed by atoms with Crippen LogP contribution in [0.4, 0.5) is 13.2 Å². The molecule has 0 radical (unpaired) electrons. The fourth-order valence-corrected chi connectivity index (χ4v) is 3.50. The average molecular weight is 444 g/mol. The number of alkyl halides is 3. The van der Waals surface area contributed by atoms with Crippen LogP contribution in [0.1, 0.15) is 21.5 Å². The molecule has 0 aliphatic carbocycles. The van der Waals surface area contributed by atoms with Gasteiger partial charge in [-0.05, 0) is 46.3 Å². The van der Waals surface area contributed by atoms with E-state index < -0.39 is 17.6 Å². The summed E-state index contributed by atoms with van der Waals surface area (Å²) in [5.74, 6) is -0.548. The number of halogens is 3. The molecule has 2 amide bonds. The molecule has 1 saturated heterocycles. The van der Waals surface area contributed by atoms with Crippen LogP contribution >= 0.6 is 0 Å². The monoisotopic (exact) mass is 444 g/mol. The lowest BCUT2D eigenvalue weighted by atomic mass is 10.1. The largest absolute Gasteiger partial charge is 0.416 e. The van der Waals surface area contributed by atoms with E-state index in [0.29, 0.717) is 13.1 Å². The van der Waals surface area contributed by atoms with Gasteiger partial charge in [-0.2, -0.15) is 13.2 Å². The van der Waals surface area contributed by atoms with Crippen molar-refractivity contribution in [2.75, 3.05) is 26.2 Å². The first-order valence-electron chi connectivity index (χ1n) is 9.88. The number of carbonyl (C=O) groups is 2. The number of benzene rings is 2. The Hall–Kier alpha value is -3.76. The highest BCUT2D eigenvalue weighted by molar-refractivity contribution is 5.94. The Morgan fingerprint density at radius 3 is 2.25 bits per heavy atom. The van der Waals surface area contributed by atoms with Crippen molar-refractivity contribution < 1.29 is 22.8 Å². The lowest BCUT2D eigenvalue weighted by molar-refractivity contribution is -0.137. The van der Waals surface area contributed by atoms with Crippen molar-refractivity contribution in [1.82, 2.24) is 30.0 Å². The molecule has 4 rings (SSSR count). The molecule has 1 aromatic heterocycles. The Bertz CT molecular complexity index is 1090. The van der Waals surface area contributed by atoms with Crippen LogP contribution in [0.15, 0.2) is 54.9 Å². The van der Waals surface area contributed by atoms with Gasteiger partial charge in [-0.25, -0.2) is 4.68 Å². The molecule has 1 aliphatic heterocycles. The summed E-state index contributed by atoms with van der Waals surface area (Å²) in [6.07, 6.45) is -2.83. The predicted molar refractivity (Wildman–Crippen MR) is 107 cm³/mol. The van der Waals surface area contributed by atoms with E-state index in [2.05, 4.69) is 15.5 Å². The molecule has 1 aliphatic rings. The molecule has 3 aromatic rings. The molecule has 0 atom stereocenters. The SMILES string of the molecule is O=C(Cc1ccc(-n2cnnn2)cc1)N1CCN(C(=O)c2cccc(C(F)(F)F)c2)CC1. The fraction of sp³-hybridized carbons (Fsp3) is 0.286. The molecule has 11 heteroatoms. The second-order valence-corrected chi connectivity index (χ2v) is 7.35. The van der Waals surface area contributed by atoms with Crippen LogP contribution in [0.2, 0.25) is 0 Å². The second-order valence-electron chi connectivity index (χ2n) is 7.35. The minimum absolute atomic E-state index is 0.0118. The van der Waals surface area contributed by atoms with Gasteiger partial charge in [-0.15, -0.1) is 5.10 Å². The van der Waals surface area contributed by atoms with E-state index in [-0.39, 0.29) is 31.0 Å². The smallest absolute Gasteiger partial charge is 0.339 e. The number of piperazine rings is 1. The molecule has 8 nitrogen and oxygen atoms in total. The summed E-state index contributed by atoms with van der Waals surface area (Å²) in [6.45, 7) is 1.18. The van der Waals surface area contributed by atoms with Crippen LogP contribution in [0, 0.1) is 0 Å². The number of nitrogens with zero attached hydrogens (tertiary/aromatic N) is 6. The Kier molecular flexibility index (Phi) is 5.89. The molecule has 0 saturated carbocycles. The highest BCUT2D eigenvalue weighted by Gasteiger charge is 2.32. The van der Waals surface area contributed by atoms with Crippen molar-refractivity contribution in [2.24, 2.45) is 0 Å². The van der Waals surface area contributed by atoms with E-state index in [1.807, 2.05) is 24.3 Å². The van der Waals surface area contributed by atoms with Crippen molar-refractivity contribution in [1.29, 1.82) is 0 Å². The Balaban J connectivity index is 1.32. The van der Waals surface area contributed by atoms with Gasteiger partial charge in [0.1, 0.15) is 6.33 Å². The van der Waals surface area contributed by atoms with Crippen molar-refractivity contribution in [3.8, 4) is 5.69 Å². The molecule has 2 aromatic carbocycles. The first-order valence-corrected chi connectivity index (χ1v) is 9.88. The van der Waals surface area contributed by atoms with Gasteiger partial charge in [0.25, 0.3) is 5.91 Å². The summed E-state index contributed by atoms with van der Waals surface area (Å²) in [7, 11) is 0. The molecule has 0 bridgehead atoms. The number of aromatic nitrogens is 4. The summed E-state index contributed by atoms with van der Waals surface area (Å²) in [4.78, 5) is 28.4. The van der Waals surface area contributed by atoms with E-state index in [9.17, 15) is 22.8 Å². The van der Waals surface area contributed by atoms with Crippen molar-refractivity contribution in [2.45, 2.75) is 12.6 Å². The van der Waals surface area contributed by atoms with E-state index in [0.717, 1.165) is 23.4 Å². The predicted octanol–water partition coefficient (Wildman–Crippen LogP) is 2.21. The highest BCUT2D eigenvalue weighted by atomic mass is 19.4. The van der Waals surface area contributed by atoms with Crippen molar-refractivity contribution >= 4 is 11.8 Å². The minimum atomic E-state index is -4.51. The third kappa shape index (κ3) is 4.76. The molecular formula is C21H19F3N6O2. The summed E-state index contributed by atoms with van der Waals surface area (Å²) in [5, 5.41) is 11.0. The average Bonchev–Trinajstić information content (AvgIpc) is 3.34. The first-order chi connectivity index (χ1) is 15.3. The molecule has 0 spiro atoms. The van der Waals surface area contributed by atoms with Gasteiger partial charge >= 0.3 is 6.18 Å². The molecule has 166 valence electrons. The summed E-state index contributed by atoms with van der Waals surface area (Å²) >= 11 is 0. The number of carbonyl (C=O) groups excluding carboxylic acids is 2. The number of tetrazole rings is 1. The van der Waals surface area contributed by atoms with Gasteiger partial charge in [0.15, 0.2) is 0 Å². The first kappa shape index (κ1) is 21.5. The fourth-order valence-electron chi connectivity index (χ4n) is 3.50. The zero-order valence-electron chi connectivity index (χ0n) is 16.9. The van der Waals surface area contributed by atoms with Crippen LogP contribution in [0.5, 0.6) is 0 Å². The van der Waals surface area contributed by atoms with Crippen LogP contribution in [0.3, 0.4) is 0 Å². The lowest BCUT2D eigenvalue weighted by Gasteiger charge is -2.35. The molecule has 2 heterocycles. The molecular weight excluding hydrogens is 425 g/mol. The van der Waals surface area contributed by atoms with E-state index in [4.69, 9.17) is 0 Å². The van der Waals surface area contributed by atoms with Gasteiger partial charge in [0, 0.05) is 31.7 Å². The molecule has 0 unspecified atom stereocenters. The maximum Gasteiger partial charge on any atom is 0.416 e. The summed E-state index contributed by atoms with van der Waals surface area (Å²) in [6, 6.07) is 11.6. The Labute approximate surface area is 181 Å². The van der Waals surface area contributed by atoms with Gasteiger partial charge in [-0.1, -0.05) is 18.2 Å². The van der Waals surface area contributed by atoms with Gasteiger partial charge in [-0.3, -0.25) is 9.59 Å². The van der Waals surface area contributed by atoms with E-state index in [1.54, 1.807) is 4.90 Å².